The van der Waals surface area contributed by atoms with Gasteiger partial charge < -0.3 is 14.8 Å². The van der Waals surface area contributed by atoms with Gasteiger partial charge in [-0.3, -0.25) is 4.79 Å². The first-order chi connectivity index (χ1) is 13.7. The van der Waals surface area contributed by atoms with E-state index in [4.69, 9.17) is 9.47 Å². The maximum Gasteiger partial charge on any atom is 0.278 e. The second kappa shape index (κ2) is 8.47. The molecule has 0 radical (unpaired) electrons. The average Bonchev–Trinajstić information content (AvgIpc) is 3.42. The van der Waals surface area contributed by atoms with Crippen LogP contribution >= 0.6 is 11.3 Å². The van der Waals surface area contributed by atoms with E-state index in [1.807, 2.05) is 0 Å². The normalized spacial score (nSPS) is 23.9. The minimum Gasteiger partial charge on any atom is -0.477 e. The predicted molar refractivity (Wildman–Crippen MR) is 108 cm³/mol. The highest BCUT2D eigenvalue weighted by molar-refractivity contribution is 7.10. The molecular weight excluding hydrogens is 374 g/mol. The van der Waals surface area contributed by atoms with Gasteiger partial charge in [0.25, 0.3) is 11.8 Å². The van der Waals surface area contributed by atoms with Crippen molar-refractivity contribution in [2.45, 2.75) is 68.9 Å². The average molecular weight is 402 g/mol. The maximum atomic E-state index is 13.2. The van der Waals surface area contributed by atoms with E-state index < -0.39 is 0 Å². The predicted octanol–water partition coefficient (Wildman–Crippen LogP) is 3.86. The van der Waals surface area contributed by atoms with Gasteiger partial charge in [-0.2, -0.15) is 0 Å². The lowest BCUT2D eigenvalue weighted by molar-refractivity contribution is -0.127. The Bertz CT molecular complexity index is 782. The Hall–Kier alpha value is -2.15. The largest absolute Gasteiger partial charge is 0.477 e. The van der Waals surface area contributed by atoms with Crippen LogP contribution in [0.2, 0.25) is 0 Å². The van der Waals surface area contributed by atoms with Crippen molar-refractivity contribution in [1.82, 2.24) is 15.3 Å². The van der Waals surface area contributed by atoms with Crippen molar-refractivity contribution < 1.29 is 14.3 Å². The van der Waals surface area contributed by atoms with Gasteiger partial charge >= 0.3 is 0 Å². The van der Waals surface area contributed by atoms with E-state index in [2.05, 4.69) is 32.8 Å². The third kappa shape index (κ3) is 3.85. The molecule has 2 heterocycles. The van der Waals surface area contributed by atoms with Crippen molar-refractivity contribution in [3.05, 3.63) is 34.8 Å². The number of hydrogen-bond acceptors (Lipinski definition) is 6. The van der Waals surface area contributed by atoms with Crippen molar-refractivity contribution >= 4 is 17.2 Å². The van der Waals surface area contributed by atoms with E-state index in [-0.39, 0.29) is 23.5 Å². The van der Waals surface area contributed by atoms with Crippen molar-refractivity contribution in [2.75, 3.05) is 7.11 Å². The Morgan fingerprint density at radius 3 is 2.50 bits per heavy atom. The summed E-state index contributed by atoms with van der Waals surface area (Å²) in [6, 6.07) is 4.39. The molecule has 0 aromatic carbocycles. The van der Waals surface area contributed by atoms with Crippen LogP contribution in [-0.4, -0.2) is 35.1 Å². The summed E-state index contributed by atoms with van der Waals surface area (Å²) in [6.07, 6.45) is 11.1. The second-order valence-electron chi connectivity index (χ2n) is 7.70. The quantitative estimate of drug-likeness (QED) is 0.796. The Balaban J connectivity index is 1.33. The van der Waals surface area contributed by atoms with Crippen LogP contribution in [0.3, 0.4) is 0 Å². The molecule has 2 aromatic rings. The molecule has 0 unspecified atom stereocenters. The van der Waals surface area contributed by atoms with Gasteiger partial charge in [0, 0.05) is 23.3 Å². The minimum atomic E-state index is -0.311. The maximum absolute atomic E-state index is 13.2. The fraction of sp³-hybridized carbons (Fsp3) is 0.571. The Morgan fingerprint density at radius 2 is 1.86 bits per heavy atom. The standard InChI is InChI=1S/C21H27N3O3S/c1-26-18-19(23-13-12-22-18)27-16-8-6-15(7-9-16)24-20(25)21(10-2-3-11-21)17-5-4-14-28-17/h4-5,12-16H,2-3,6-11H2,1H3,(H,24,25). The van der Waals surface area contributed by atoms with Gasteiger partial charge in [-0.15, -0.1) is 11.3 Å². The first kappa shape index (κ1) is 19.2. The molecule has 150 valence electrons. The molecule has 0 aliphatic heterocycles. The summed E-state index contributed by atoms with van der Waals surface area (Å²) in [7, 11) is 1.57. The van der Waals surface area contributed by atoms with Gasteiger partial charge in [0.15, 0.2) is 0 Å². The Morgan fingerprint density at radius 1 is 1.14 bits per heavy atom. The van der Waals surface area contributed by atoms with Crippen LogP contribution in [0.1, 0.15) is 56.2 Å². The van der Waals surface area contributed by atoms with E-state index >= 15 is 0 Å². The monoisotopic (exact) mass is 401 g/mol. The molecular formula is C21H27N3O3S. The van der Waals surface area contributed by atoms with Crippen molar-refractivity contribution in [1.29, 1.82) is 0 Å². The number of carbonyl (C=O) groups is 1. The van der Waals surface area contributed by atoms with E-state index in [1.54, 1.807) is 30.8 Å². The molecule has 2 aromatic heterocycles. The molecule has 1 amide bonds. The number of methoxy groups -OCH3 is 1. The highest BCUT2D eigenvalue weighted by Crippen LogP contribution is 2.43. The van der Waals surface area contributed by atoms with Crippen LogP contribution in [-0.2, 0) is 10.2 Å². The second-order valence-corrected chi connectivity index (χ2v) is 8.65. The number of thiophene rings is 1. The molecule has 7 heteroatoms. The zero-order valence-electron chi connectivity index (χ0n) is 16.2. The number of amides is 1. The summed E-state index contributed by atoms with van der Waals surface area (Å²) in [5.74, 6) is 1.07. The van der Waals surface area contributed by atoms with Crippen LogP contribution in [0.4, 0.5) is 0 Å². The molecule has 2 fully saturated rings. The highest BCUT2D eigenvalue weighted by Gasteiger charge is 2.44. The summed E-state index contributed by atoms with van der Waals surface area (Å²) in [4.78, 5) is 22.8. The molecule has 0 saturated heterocycles. The summed E-state index contributed by atoms with van der Waals surface area (Å²) in [5, 5.41) is 5.43. The van der Waals surface area contributed by atoms with Gasteiger partial charge in [0.05, 0.1) is 12.5 Å². The summed E-state index contributed by atoms with van der Waals surface area (Å²) < 4.78 is 11.2. The molecule has 6 nitrogen and oxygen atoms in total. The first-order valence-electron chi connectivity index (χ1n) is 10.1. The molecule has 0 atom stereocenters. The van der Waals surface area contributed by atoms with Gasteiger partial charge in [0.2, 0.25) is 5.91 Å². The molecule has 2 aliphatic carbocycles. The van der Waals surface area contributed by atoms with Crippen LogP contribution in [0.25, 0.3) is 0 Å². The van der Waals surface area contributed by atoms with Gasteiger partial charge in [-0.05, 0) is 50.0 Å². The molecule has 0 bridgehead atoms. The van der Waals surface area contributed by atoms with Crippen LogP contribution in [0.15, 0.2) is 29.9 Å². The van der Waals surface area contributed by atoms with Crippen LogP contribution in [0, 0.1) is 0 Å². The molecule has 1 N–H and O–H groups in total. The van der Waals surface area contributed by atoms with Gasteiger partial charge in [0.1, 0.15) is 6.10 Å². The third-order valence-corrected chi connectivity index (χ3v) is 7.07. The minimum absolute atomic E-state index is 0.0801. The fourth-order valence-electron chi connectivity index (χ4n) is 4.45. The topological polar surface area (TPSA) is 73.3 Å². The van der Waals surface area contributed by atoms with Crippen molar-refractivity contribution in [3.63, 3.8) is 0 Å². The molecule has 28 heavy (non-hydrogen) atoms. The van der Waals surface area contributed by atoms with Gasteiger partial charge in [-0.25, -0.2) is 9.97 Å². The number of nitrogens with zero attached hydrogens (tertiary/aromatic N) is 2. The number of carbonyl (C=O) groups excluding carboxylic acids is 1. The molecule has 0 spiro atoms. The van der Waals surface area contributed by atoms with E-state index in [0.717, 1.165) is 51.4 Å². The summed E-state index contributed by atoms with van der Waals surface area (Å²) in [6.45, 7) is 0. The van der Waals surface area contributed by atoms with Crippen molar-refractivity contribution in [2.24, 2.45) is 0 Å². The number of hydrogen-bond donors (Lipinski definition) is 1. The number of ether oxygens (including phenoxy) is 2. The fourth-order valence-corrected chi connectivity index (χ4v) is 5.44. The van der Waals surface area contributed by atoms with E-state index in [9.17, 15) is 4.79 Å². The number of rotatable bonds is 6. The number of aromatic nitrogens is 2. The lowest BCUT2D eigenvalue weighted by atomic mass is 9.82. The lowest BCUT2D eigenvalue weighted by Gasteiger charge is -2.33. The molecule has 2 aliphatic rings. The van der Waals surface area contributed by atoms with E-state index in [1.165, 1.54) is 4.88 Å². The Kier molecular flexibility index (Phi) is 5.80. The smallest absolute Gasteiger partial charge is 0.278 e. The van der Waals surface area contributed by atoms with E-state index in [0.29, 0.717) is 11.8 Å². The highest BCUT2D eigenvalue weighted by atomic mass is 32.1. The zero-order valence-corrected chi connectivity index (χ0v) is 17.0. The number of nitrogens with one attached hydrogen (secondary N) is 1. The SMILES string of the molecule is COc1nccnc1OC1CCC(NC(=O)C2(c3cccs3)CCCC2)CC1. The summed E-state index contributed by atoms with van der Waals surface area (Å²) >= 11 is 1.71. The zero-order chi connectivity index (χ0) is 19.4. The Labute approximate surface area is 169 Å². The van der Waals surface area contributed by atoms with Gasteiger partial charge in [-0.1, -0.05) is 18.9 Å². The lowest BCUT2D eigenvalue weighted by Crippen LogP contribution is -2.48. The third-order valence-electron chi connectivity index (χ3n) is 6.00. The van der Waals surface area contributed by atoms with Crippen molar-refractivity contribution in [3.8, 4) is 11.8 Å². The first-order valence-corrected chi connectivity index (χ1v) is 11.0. The summed E-state index contributed by atoms with van der Waals surface area (Å²) in [5.41, 5.74) is -0.311. The molecule has 4 rings (SSSR count). The van der Waals surface area contributed by atoms with Crippen LogP contribution < -0.4 is 14.8 Å². The van der Waals surface area contributed by atoms with Crippen LogP contribution in [0.5, 0.6) is 11.8 Å². The molecule has 2 saturated carbocycles.